The van der Waals surface area contributed by atoms with E-state index in [0.717, 1.165) is 12.1 Å². The molecular weight excluding hydrogens is 389 g/mol. The van der Waals surface area contributed by atoms with Crippen molar-refractivity contribution >= 4 is 29.1 Å². The number of nitrogens with two attached hydrogens (primary N) is 1. The van der Waals surface area contributed by atoms with Gasteiger partial charge in [-0.05, 0) is 24.3 Å². The summed E-state index contributed by atoms with van der Waals surface area (Å²) in [4.78, 5) is 11.1. The third-order valence-corrected chi connectivity index (χ3v) is 4.19. The maximum absolute atomic E-state index is 14.1. The molecule has 134 valence electrons. The Balaban J connectivity index is 1.77. The number of aromatic nitrogens is 1. The van der Waals surface area contributed by atoms with Crippen LogP contribution in [0.15, 0.2) is 40.9 Å². The van der Waals surface area contributed by atoms with E-state index in [4.69, 9.17) is 38.2 Å². The summed E-state index contributed by atoms with van der Waals surface area (Å²) >= 11 is 11.8. The number of amides is 1. The molecule has 2 N–H and O–H groups in total. The Bertz CT molecular complexity index is 992. The first-order chi connectivity index (χ1) is 12.4. The van der Waals surface area contributed by atoms with Crippen molar-refractivity contribution in [2.75, 3.05) is 0 Å². The molecule has 3 aromatic rings. The fraction of sp³-hybridized carbons (Fsp3) is 0.0588. The molecule has 0 radical (unpaired) electrons. The highest BCUT2D eigenvalue weighted by Crippen LogP contribution is 2.29. The van der Waals surface area contributed by atoms with Crippen molar-refractivity contribution in [2.24, 2.45) is 5.73 Å². The normalized spacial score (nSPS) is 10.8. The van der Waals surface area contributed by atoms with E-state index in [1.807, 2.05) is 0 Å². The summed E-state index contributed by atoms with van der Waals surface area (Å²) in [5.41, 5.74) is 5.23. The maximum atomic E-state index is 14.1. The van der Waals surface area contributed by atoms with Crippen LogP contribution in [0.4, 0.5) is 8.78 Å². The fourth-order valence-corrected chi connectivity index (χ4v) is 2.49. The van der Waals surface area contributed by atoms with Gasteiger partial charge in [-0.3, -0.25) is 4.79 Å². The molecule has 1 amide bonds. The van der Waals surface area contributed by atoms with E-state index in [1.165, 1.54) is 0 Å². The van der Waals surface area contributed by atoms with E-state index in [-0.39, 0.29) is 18.1 Å². The third-order valence-electron chi connectivity index (χ3n) is 3.45. The van der Waals surface area contributed by atoms with Gasteiger partial charge in [0.1, 0.15) is 23.7 Å². The van der Waals surface area contributed by atoms with Gasteiger partial charge in [0.25, 0.3) is 5.91 Å². The van der Waals surface area contributed by atoms with Crippen LogP contribution < -0.4 is 10.5 Å². The summed E-state index contributed by atoms with van der Waals surface area (Å²) in [6.07, 6.45) is 0. The number of carbonyl (C=O) groups is 1. The largest absolute Gasteiger partial charge is 0.482 e. The van der Waals surface area contributed by atoms with Crippen LogP contribution in [0.5, 0.6) is 5.75 Å². The average Bonchev–Trinajstić information content (AvgIpc) is 3.05. The van der Waals surface area contributed by atoms with Crippen molar-refractivity contribution in [1.82, 2.24) is 5.16 Å². The molecule has 26 heavy (non-hydrogen) atoms. The molecule has 0 saturated carbocycles. The Morgan fingerprint density at radius 2 is 1.92 bits per heavy atom. The summed E-state index contributed by atoms with van der Waals surface area (Å²) in [6, 6.07) is 8.44. The third kappa shape index (κ3) is 3.63. The highest BCUT2D eigenvalue weighted by Gasteiger charge is 2.19. The number of ether oxygens (including phenoxy) is 1. The second-order valence-electron chi connectivity index (χ2n) is 5.19. The lowest BCUT2D eigenvalue weighted by Gasteiger charge is -2.08. The topological polar surface area (TPSA) is 78.4 Å². The van der Waals surface area contributed by atoms with Crippen molar-refractivity contribution < 1.29 is 22.8 Å². The predicted molar refractivity (Wildman–Crippen MR) is 91.2 cm³/mol. The molecule has 3 rings (SSSR count). The van der Waals surface area contributed by atoms with E-state index < -0.39 is 23.1 Å². The van der Waals surface area contributed by atoms with Gasteiger partial charge in [-0.2, -0.15) is 0 Å². The van der Waals surface area contributed by atoms with Crippen LogP contribution in [0, 0.1) is 11.6 Å². The zero-order chi connectivity index (χ0) is 18.8. The maximum Gasteiger partial charge on any atom is 0.254 e. The lowest BCUT2D eigenvalue weighted by molar-refractivity contribution is 0.0991. The molecule has 0 unspecified atom stereocenters. The smallest absolute Gasteiger partial charge is 0.254 e. The van der Waals surface area contributed by atoms with E-state index in [2.05, 4.69) is 5.16 Å². The number of primary amides is 1. The Morgan fingerprint density at radius 1 is 1.15 bits per heavy atom. The van der Waals surface area contributed by atoms with Crippen molar-refractivity contribution in [3.05, 3.63) is 69.4 Å². The van der Waals surface area contributed by atoms with Gasteiger partial charge in [0.2, 0.25) is 0 Å². The van der Waals surface area contributed by atoms with Crippen LogP contribution in [-0.4, -0.2) is 11.1 Å². The summed E-state index contributed by atoms with van der Waals surface area (Å²) in [5.74, 6) is -3.54. The molecule has 0 fully saturated rings. The van der Waals surface area contributed by atoms with Gasteiger partial charge in [-0.25, -0.2) is 8.78 Å². The number of hydrogen-bond acceptors (Lipinski definition) is 4. The molecule has 0 spiro atoms. The lowest BCUT2D eigenvalue weighted by atomic mass is 10.1. The Morgan fingerprint density at radius 3 is 2.62 bits per heavy atom. The Kier molecular flexibility index (Phi) is 5.11. The molecule has 2 aromatic carbocycles. The zero-order valence-electron chi connectivity index (χ0n) is 12.9. The predicted octanol–water partition coefficient (Wildman–Crippen LogP) is 4.60. The summed E-state index contributed by atoms with van der Waals surface area (Å²) in [6.45, 7) is -0.199. The van der Waals surface area contributed by atoms with Crippen LogP contribution >= 0.6 is 23.2 Å². The molecule has 0 bridgehead atoms. The Labute approximate surface area is 156 Å². The molecule has 1 aromatic heterocycles. The van der Waals surface area contributed by atoms with Gasteiger partial charge >= 0.3 is 0 Å². The molecule has 0 aliphatic heterocycles. The highest BCUT2D eigenvalue weighted by molar-refractivity contribution is 6.42. The van der Waals surface area contributed by atoms with Gasteiger partial charge in [-0.1, -0.05) is 34.4 Å². The molecular formula is C17H10Cl2F2N2O3. The molecule has 0 saturated heterocycles. The van der Waals surface area contributed by atoms with Gasteiger partial charge in [-0.15, -0.1) is 0 Å². The monoisotopic (exact) mass is 398 g/mol. The van der Waals surface area contributed by atoms with Crippen molar-refractivity contribution in [1.29, 1.82) is 0 Å². The average molecular weight is 399 g/mol. The van der Waals surface area contributed by atoms with Crippen molar-refractivity contribution in [3.63, 3.8) is 0 Å². The quantitative estimate of drug-likeness (QED) is 0.680. The van der Waals surface area contributed by atoms with Crippen LogP contribution in [0.2, 0.25) is 10.0 Å². The number of nitrogens with zero attached hydrogens (tertiary/aromatic N) is 1. The number of carbonyl (C=O) groups excluding carboxylic acids is 1. The molecule has 0 atom stereocenters. The number of halogens is 4. The molecule has 0 aliphatic carbocycles. The summed E-state index contributed by atoms with van der Waals surface area (Å²) < 4.78 is 37.9. The lowest BCUT2D eigenvalue weighted by Crippen LogP contribution is -2.16. The summed E-state index contributed by atoms with van der Waals surface area (Å²) in [7, 11) is 0. The highest BCUT2D eigenvalue weighted by atomic mass is 35.5. The second-order valence-corrected chi connectivity index (χ2v) is 6.01. The van der Waals surface area contributed by atoms with Crippen molar-refractivity contribution in [3.8, 4) is 17.0 Å². The molecule has 0 aliphatic rings. The van der Waals surface area contributed by atoms with E-state index in [0.29, 0.717) is 21.3 Å². The first kappa shape index (κ1) is 18.2. The van der Waals surface area contributed by atoms with Crippen LogP contribution in [0.1, 0.15) is 16.1 Å². The zero-order valence-corrected chi connectivity index (χ0v) is 14.4. The standard InChI is InChI=1S/C17H10Cl2F2N2O3/c18-10-2-1-8(5-11(10)19)13-6-9(26-23-13)7-25-14-4-3-12(20)15(16(14)21)17(22)24/h1-6H,7H2,(H2,22,24). The SMILES string of the molecule is NC(=O)c1c(F)ccc(OCc2cc(-c3ccc(Cl)c(Cl)c3)no2)c1F. The number of benzene rings is 2. The van der Waals surface area contributed by atoms with E-state index in [1.54, 1.807) is 24.3 Å². The molecule has 5 nitrogen and oxygen atoms in total. The van der Waals surface area contributed by atoms with E-state index in [9.17, 15) is 13.6 Å². The molecule has 1 heterocycles. The first-order valence-electron chi connectivity index (χ1n) is 7.18. The van der Waals surface area contributed by atoms with Gasteiger partial charge in [0.15, 0.2) is 17.3 Å². The van der Waals surface area contributed by atoms with Gasteiger partial charge < -0.3 is 15.0 Å². The van der Waals surface area contributed by atoms with E-state index >= 15 is 0 Å². The van der Waals surface area contributed by atoms with Gasteiger partial charge in [0.05, 0.1) is 10.0 Å². The minimum Gasteiger partial charge on any atom is -0.482 e. The van der Waals surface area contributed by atoms with Crippen LogP contribution in [0.25, 0.3) is 11.3 Å². The Hall–Kier alpha value is -2.64. The molecule has 9 heteroatoms. The first-order valence-corrected chi connectivity index (χ1v) is 7.94. The number of hydrogen-bond donors (Lipinski definition) is 1. The van der Waals surface area contributed by atoms with Gasteiger partial charge in [0, 0.05) is 11.6 Å². The minimum atomic E-state index is -1.23. The number of rotatable bonds is 5. The van der Waals surface area contributed by atoms with Crippen LogP contribution in [-0.2, 0) is 6.61 Å². The van der Waals surface area contributed by atoms with Crippen molar-refractivity contribution in [2.45, 2.75) is 6.61 Å². The second kappa shape index (κ2) is 7.31. The fourth-order valence-electron chi connectivity index (χ4n) is 2.19. The minimum absolute atomic E-state index is 0.199. The summed E-state index contributed by atoms with van der Waals surface area (Å²) in [5, 5.41) is 4.63. The van der Waals surface area contributed by atoms with Crippen LogP contribution in [0.3, 0.4) is 0 Å².